The molecule has 1 aromatic rings. The van der Waals surface area contributed by atoms with Gasteiger partial charge in [-0.1, -0.05) is 35.8 Å². The number of hydrogen-bond acceptors (Lipinski definition) is 2. The Hall–Kier alpha value is -0.740. The summed E-state index contributed by atoms with van der Waals surface area (Å²) in [6, 6.07) is 6.34. The summed E-state index contributed by atoms with van der Waals surface area (Å²) in [5.74, 6) is -0.418. The number of halogens is 3. The highest BCUT2D eigenvalue weighted by Crippen LogP contribution is 2.32. The Kier molecular flexibility index (Phi) is 6.01. The normalized spacial score (nSPS) is 28.8. The van der Waals surface area contributed by atoms with Gasteiger partial charge in [0.2, 0.25) is 0 Å². The number of piperidine rings is 1. The van der Waals surface area contributed by atoms with E-state index in [1.54, 1.807) is 23.1 Å². The Bertz CT molecular complexity index is 586. The lowest BCUT2D eigenvalue weighted by atomic mass is 10.0. The van der Waals surface area contributed by atoms with Gasteiger partial charge in [-0.3, -0.25) is 0 Å². The average molecular weight is 377 g/mol. The number of hydrogen-bond donors (Lipinski definition) is 1. The van der Waals surface area contributed by atoms with E-state index in [4.69, 9.17) is 27.9 Å². The van der Waals surface area contributed by atoms with Gasteiger partial charge in [-0.2, -0.15) is 0 Å². The van der Waals surface area contributed by atoms with Gasteiger partial charge in [0.1, 0.15) is 6.10 Å². The molecule has 6 heteroatoms. The van der Waals surface area contributed by atoms with Crippen LogP contribution in [0.4, 0.5) is 0 Å². The van der Waals surface area contributed by atoms with E-state index in [-0.39, 0.29) is 24.1 Å². The molecule has 2 saturated heterocycles. The highest BCUT2D eigenvalue weighted by molar-refractivity contribution is 6.40. The van der Waals surface area contributed by atoms with Gasteiger partial charge in [0.05, 0.1) is 34.7 Å². The Balaban J connectivity index is 0.00000192. The molecule has 2 fully saturated rings. The number of fused-ring (bicyclic) bond motifs is 2. The fourth-order valence-corrected chi connectivity index (χ4v) is 4.36. The molecule has 0 radical (unpaired) electrons. The van der Waals surface area contributed by atoms with Crippen molar-refractivity contribution >= 4 is 34.7 Å². The van der Waals surface area contributed by atoms with Crippen molar-refractivity contribution in [2.24, 2.45) is 0 Å². The molecular weight excluding hydrogens is 357 g/mol. The van der Waals surface area contributed by atoms with Gasteiger partial charge in [-0.25, -0.2) is 4.79 Å². The summed E-state index contributed by atoms with van der Waals surface area (Å²) in [4.78, 5) is 14.0. The number of quaternary nitrogens is 1. The minimum atomic E-state index is -0.418. The lowest BCUT2D eigenvalue weighted by Gasteiger charge is -2.33. The topological polar surface area (TPSA) is 30.7 Å². The Morgan fingerprint density at radius 3 is 2.26 bits per heavy atom. The first-order chi connectivity index (χ1) is 10.5. The molecule has 0 spiro atoms. The number of benzene rings is 1. The molecule has 0 aromatic heterocycles. The quantitative estimate of drug-likeness (QED) is 0.583. The highest BCUT2D eigenvalue weighted by Gasteiger charge is 2.43. The maximum Gasteiger partial charge on any atom is 0.338 e. The van der Waals surface area contributed by atoms with E-state index in [0.717, 1.165) is 12.8 Å². The standard InChI is InChI=1S/C17H19Cl2NO2.ClH/c1-10(16-14(18)4-3-5-15(16)19)17(21)22-13-8-11-6-7-12(9-13)20(11)2;/h3-5,11-13H,1,6-9H2,2H3;1H. The van der Waals surface area contributed by atoms with Gasteiger partial charge in [-0.15, -0.1) is 0 Å². The van der Waals surface area contributed by atoms with Gasteiger partial charge in [0.15, 0.2) is 0 Å². The van der Waals surface area contributed by atoms with Crippen molar-refractivity contribution in [3.63, 3.8) is 0 Å². The molecule has 126 valence electrons. The van der Waals surface area contributed by atoms with Crippen LogP contribution in [0.15, 0.2) is 24.8 Å². The molecule has 2 unspecified atom stereocenters. The van der Waals surface area contributed by atoms with Gasteiger partial charge in [0.25, 0.3) is 0 Å². The molecular formula is C17H20Cl3NO2. The number of rotatable bonds is 3. The lowest BCUT2D eigenvalue weighted by molar-refractivity contribution is -0.923. The molecule has 0 amide bonds. The average Bonchev–Trinajstić information content (AvgIpc) is 2.70. The minimum Gasteiger partial charge on any atom is -1.00 e. The summed E-state index contributed by atoms with van der Waals surface area (Å²) in [6.45, 7) is 3.83. The van der Waals surface area contributed by atoms with Crippen molar-refractivity contribution in [3.05, 3.63) is 40.4 Å². The molecule has 0 aliphatic carbocycles. The summed E-state index contributed by atoms with van der Waals surface area (Å²) >= 11 is 12.3. The predicted molar refractivity (Wildman–Crippen MR) is 88.3 cm³/mol. The summed E-state index contributed by atoms with van der Waals surface area (Å²) in [5, 5.41) is 0.838. The smallest absolute Gasteiger partial charge is 0.338 e. The van der Waals surface area contributed by atoms with Crippen LogP contribution in [0.3, 0.4) is 0 Å². The third-order valence-electron chi connectivity index (χ3n) is 5.03. The van der Waals surface area contributed by atoms with Gasteiger partial charge < -0.3 is 22.0 Å². The van der Waals surface area contributed by atoms with Crippen LogP contribution in [0.5, 0.6) is 0 Å². The van der Waals surface area contributed by atoms with Crippen molar-refractivity contribution in [2.75, 3.05) is 7.05 Å². The van der Waals surface area contributed by atoms with Crippen LogP contribution in [-0.2, 0) is 9.53 Å². The Morgan fingerprint density at radius 2 is 1.74 bits per heavy atom. The van der Waals surface area contributed by atoms with Crippen molar-refractivity contribution in [3.8, 4) is 0 Å². The van der Waals surface area contributed by atoms with E-state index in [1.807, 2.05) is 0 Å². The van der Waals surface area contributed by atoms with Gasteiger partial charge in [-0.05, 0) is 12.1 Å². The molecule has 2 bridgehead atoms. The molecule has 1 aromatic carbocycles. The zero-order valence-corrected chi connectivity index (χ0v) is 15.2. The molecule has 23 heavy (non-hydrogen) atoms. The van der Waals surface area contributed by atoms with Crippen molar-refractivity contribution in [1.82, 2.24) is 0 Å². The Morgan fingerprint density at radius 1 is 1.22 bits per heavy atom. The number of carbonyl (C=O) groups is 1. The first kappa shape index (κ1) is 18.6. The van der Waals surface area contributed by atoms with E-state index in [9.17, 15) is 4.79 Å². The number of carbonyl (C=O) groups excluding carboxylic acids is 1. The number of ether oxygens (including phenoxy) is 1. The summed E-state index contributed by atoms with van der Waals surface area (Å²) in [7, 11) is 2.24. The second-order valence-electron chi connectivity index (χ2n) is 6.29. The second kappa shape index (κ2) is 7.43. The molecule has 2 aliphatic rings. The maximum atomic E-state index is 12.4. The first-order valence-electron chi connectivity index (χ1n) is 7.65. The van der Waals surface area contributed by atoms with Crippen LogP contribution in [0.1, 0.15) is 31.2 Å². The SMILES string of the molecule is C=C(C(=O)OC1CC2CCC(C1)[NH+]2C)c1c(Cl)cccc1Cl.[Cl-]. The predicted octanol–water partition coefficient (Wildman–Crippen LogP) is -0.238. The number of esters is 1. The van der Waals surface area contributed by atoms with E-state index in [1.165, 1.54) is 12.8 Å². The fraction of sp³-hybridized carbons (Fsp3) is 0.471. The zero-order chi connectivity index (χ0) is 15.9. The molecule has 2 atom stereocenters. The van der Waals surface area contributed by atoms with E-state index >= 15 is 0 Å². The van der Waals surface area contributed by atoms with E-state index < -0.39 is 5.97 Å². The van der Waals surface area contributed by atoms with Crippen LogP contribution < -0.4 is 17.3 Å². The van der Waals surface area contributed by atoms with Crippen molar-refractivity contribution < 1.29 is 26.8 Å². The molecule has 2 aliphatic heterocycles. The minimum absolute atomic E-state index is 0. The highest BCUT2D eigenvalue weighted by atomic mass is 35.5. The lowest BCUT2D eigenvalue weighted by Crippen LogP contribution is -3.15. The third kappa shape index (κ3) is 3.69. The molecule has 3 nitrogen and oxygen atoms in total. The molecule has 0 saturated carbocycles. The van der Waals surface area contributed by atoms with Crippen LogP contribution in [0.2, 0.25) is 10.0 Å². The van der Waals surface area contributed by atoms with Crippen LogP contribution in [-0.4, -0.2) is 31.2 Å². The van der Waals surface area contributed by atoms with Crippen molar-refractivity contribution in [1.29, 1.82) is 0 Å². The molecule has 1 N–H and O–H groups in total. The van der Waals surface area contributed by atoms with E-state index in [0.29, 0.717) is 27.7 Å². The van der Waals surface area contributed by atoms with Crippen LogP contribution >= 0.6 is 23.2 Å². The Labute approximate surface area is 153 Å². The van der Waals surface area contributed by atoms with Crippen LogP contribution in [0, 0.1) is 0 Å². The second-order valence-corrected chi connectivity index (χ2v) is 7.10. The largest absolute Gasteiger partial charge is 1.00 e. The monoisotopic (exact) mass is 375 g/mol. The number of nitrogens with one attached hydrogen (secondary N) is 1. The summed E-state index contributed by atoms with van der Waals surface area (Å²) in [5.41, 5.74) is 0.701. The van der Waals surface area contributed by atoms with E-state index in [2.05, 4.69) is 13.6 Å². The molecule has 2 heterocycles. The van der Waals surface area contributed by atoms with Crippen LogP contribution in [0.25, 0.3) is 5.57 Å². The zero-order valence-electron chi connectivity index (χ0n) is 13.0. The van der Waals surface area contributed by atoms with Gasteiger partial charge in [0, 0.05) is 31.2 Å². The first-order valence-corrected chi connectivity index (χ1v) is 8.40. The fourth-order valence-electron chi connectivity index (χ4n) is 3.74. The summed E-state index contributed by atoms with van der Waals surface area (Å²) < 4.78 is 5.68. The summed E-state index contributed by atoms with van der Waals surface area (Å²) in [6.07, 6.45) is 4.28. The van der Waals surface area contributed by atoms with Crippen molar-refractivity contribution in [2.45, 2.75) is 43.9 Å². The van der Waals surface area contributed by atoms with Gasteiger partial charge >= 0.3 is 5.97 Å². The molecule has 3 rings (SSSR count). The maximum absolute atomic E-state index is 12.4. The third-order valence-corrected chi connectivity index (χ3v) is 5.66.